The summed E-state index contributed by atoms with van der Waals surface area (Å²) in [6.07, 6.45) is 7.80. The van der Waals surface area contributed by atoms with Gasteiger partial charge in [0.05, 0.1) is 33.7 Å². The lowest BCUT2D eigenvalue weighted by molar-refractivity contribution is 0.913. The van der Waals surface area contributed by atoms with E-state index >= 15 is 0 Å². The molecule has 0 bridgehead atoms. The highest BCUT2D eigenvalue weighted by atomic mass is 32.2. The monoisotopic (exact) mass is 1630 g/mol. The molecule has 1 aliphatic carbocycles. The highest BCUT2D eigenvalue weighted by Gasteiger charge is 2.33. The first-order chi connectivity index (χ1) is 60.9. The first-order valence-corrected chi connectivity index (χ1v) is 44.3. The summed E-state index contributed by atoms with van der Waals surface area (Å²) in [7, 11) is 0. The molecular formula is C114H80N6S3. The maximum Gasteiger partial charge on any atom is 0.0601 e. The molecule has 0 N–H and O–H groups in total. The van der Waals surface area contributed by atoms with E-state index < -0.39 is 0 Å². The Morgan fingerprint density at radius 1 is 0.203 bits per heavy atom. The number of anilines is 17. The maximum atomic E-state index is 2.45. The normalized spacial score (nSPS) is 13.4. The van der Waals surface area contributed by atoms with Crippen LogP contribution in [0.1, 0.15) is 6.42 Å². The molecular weight excluding hydrogens is 1550 g/mol. The predicted octanol–water partition coefficient (Wildman–Crippen LogP) is 33.4. The Kier molecular flexibility index (Phi) is 19.9. The zero-order chi connectivity index (χ0) is 81.5. The average molecular weight is 1630 g/mol. The summed E-state index contributed by atoms with van der Waals surface area (Å²) < 4.78 is 0. The number of hydrogen-bond donors (Lipinski definition) is 0. The summed E-state index contributed by atoms with van der Waals surface area (Å²) in [5.41, 5.74) is 33.7. The molecule has 0 spiro atoms. The van der Waals surface area contributed by atoms with Gasteiger partial charge in [0.25, 0.3) is 0 Å². The summed E-state index contributed by atoms with van der Waals surface area (Å²) in [6, 6.07) is 165. The molecule has 22 rings (SSSR count). The van der Waals surface area contributed by atoms with E-state index in [0.717, 1.165) is 136 Å². The number of para-hydroxylation sites is 8. The maximum absolute atomic E-state index is 2.45. The van der Waals surface area contributed by atoms with Crippen LogP contribution in [0.2, 0.25) is 0 Å². The second-order valence-electron chi connectivity index (χ2n) is 31.2. The van der Waals surface area contributed by atoms with Crippen molar-refractivity contribution in [2.24, 2.45) is 0 Å². The summed E-state index contributed by atoms with van der Waals surface area (Å²) in [5, 5.41) is 0.381. The molecule has 0 aromatic heterocycles. The lowest BCUT2D eigenvalue weighted by Gasteiger charge is -2.39. The zero-order valence-electron chi connectivity index (χ0n) is 67.1. The van der Waals surface area contributed by atoms with E-state index in [1.807, 2.05) is 35.3 Å². The smallest absolute Gasteiger partial charge is 0.0601 e. The molecule has 0 saturated heterocycles. The van der Waals surface area contributed by atoms with Crippen molar-refractivity contribution in [2.45, 2.75) is 36.1 Å². The van der Waals surface area contributed by atoms with Gasteiger partial charge in [0.1, 0.15) is 0 Å². The molecule has 123 heavy (non-hydrogen) atoms. The first kappa shape index (κ1) is 74.6. The van der Waals surface area contributed by atoms with Gasteiger partial charge >= 0.3 is 0 Å². The van der Waals surface area contributed by atoms with Gasteiger partial charge in [-0.2, -0.15) is 0 Å². The van der Waals surface area contributed by atoms with Crippen LogP contribution in [0.25, 0.3) is 66.8 Å². The highest BCUT2D eigenvalue weighted by molar-refractivity contribution is 8.00. The molecule has 9 heteroatoms. The van der Waals surface area contributed by atoms with Crippen molar-refractivity contribution < 1.29 is 0 Å². The summed E-state index contributed by atoms with van der Waals surface area (Å²) in [5.74, 6) is 0. The number of fused-ring (bicyclic) bond motifs is 6. The Morgan fingerprint density at radius 3 is 0.789 bits per heavy atom. The van der Waals surface area contributed by atoms with E-state index in [1.54, 1.807) is 0 Å². The number of nitrogens with zero attached hydrogens (tertiary/aromatic N) is 6. The fraction of sp³-hybridized carbons (Fsp3) is 0.0175. The molecule has 584 valence electrons. The van der Waals surface area contributed by atoms with E-state index in [0.29, 0.717) is 5.25 Å². The van der Waals surface area contributed by atoms with E-state index in [4.69, 9.17) is 0 Å². The van der Waals surface area contributed by atoms with Crippen LogP contribution in [0.4, 0.5) is 96.7 Å². The third-order valence-corrected chi connectivity index (χ3v) is 27.2. The third-order valence-electron chi connectivity index (χ3n) is 23.6. The van der Waals surface area contributed by atoms with Gasteiger partial charge in [-0.3, -0.25) is 0 Å². The van der Waals surface area contributed by atoms with Gasteiger partial charge in [0.15, 0.2) is 0 Å². The van der Waals surface area contributed by atoms with Crippen molar-refractivity contribution >= 4 is 132 Å². The fourth-order valence-corrected chi connectivity index (χ4v) is 21.1. The van der Waals surface area contributed by atoms with E-state index in [1.165, 1.54) is 64.3 Å². The van der Waals surface area contributed by atoms with Crippen molar-refractivity contribution in [1.82, 2.24) is 0 Å². The fourth-order valence-electron chi connectivity index (χ4n) is 17.7. The molecule has 18 aromatic carbocycles. The van der Waals surface area contributed by atoms with Gasteiger partial charge in [-0.1, -0.05) is 260 Å². The molecule has 4 aliphatic rings. The van der Waals surface area contributed by atoms with E-state index in [9.17, 15) is 0 Å². The summed E-state index contributed by atoms with van der Waals surface area (Å²) in [4.78, 5) is 20.7. The van der Waals surface area contributed by atoms with Crippen molar-refractivity contribution in [1.29, 1.82) is 0 Å². The Labute approximate surface area is 731 Å². The van der Waals surface area contributed by atoms with Crippen LogP contribution in [-0.4, -0.2) is 5.25 Å². The van der Waals surface area contributed by atoms with Gasteiger partial charge in [-0.05, 0) is 304 Å². The number of thioether (sulfide) groups is 1. The predicted molar refractivity (Wildman–Crippen MR) is 521 cm³/mol. The molecule has 1 atom stereocenters. The van der Waals surface area contributed by atoms with Crippen LogP contribution in [0.3, 0.4) is 0 Å². The molecule has 3 heterocycles. The minimum atomic E-state index is 0.381. The lowest BCUT2D eigenvalue weighted by atomic mass is 9.92. The minimum Gasteiger partial charge on any atom is -0.312 e. The van der Waals surface area contributed by atoms with Crippen LogP contribution in [0, 0.1) is 0 Å². The minimum absolute atomic E-state index is 0.381. The second-order valence-corrected chi connectivity index (χ2v) is 34.6. The summed E-state index contributed by atoms with van der Waals surface area (Å²) >= 11 is 5.63. The molecule has 0 saturated carbocycles. The zero-order valence-corrected chi connectivity index (χ0v) is 69.6. The van der Waals surface area contributed by atoms with Crippen LogP contribution in [0.5, 0.6) is 0 Å². The topological polar surface area (TPSA) is 19.4 Å². The Balaban J connectivity index is 0.614. The molecule has 0 fully saturated rings. The van der Waals surface area contributed by atoms with Gasteiger partial charge in [0, 0.05) is 98.4 Å². The second kappa shape index (κ2) is 32.8. The van der Waals surface area contributed by atoms with Gasteiger partial charge < -0.3 is 29.4 Å². The van der Waals surface area contributed by atoms with Crippen molar-refractivity contribution in [3.8, 4) is 66.8 Å². The Hall–Kier alpha value is -14.7. The van der Waals surface area contributed by atoms with Crippen LogP contribution >= 0.6 is 35.3 Å². The quantitative estimate of drug-likeness (QED) is 0.0830. The molecule has 18 aromatic rings. The first-order valence-electron chi connectivity index (χ1n) is 41.8. The van der Waals surface area contributed by atoms with Gasteiger partial charge in [0.2, 0.25) is 0 Å². The molecule has 0 amide bonds. The van der Waals surface area contributed by atoms with Crippen molar-refractivity contribution in [2.75, 3.05) is 29.4 Å². The van der Waals surface area contributed by atoms with E-state index in [-0.39, 0.29) is 0 Å². The third kappa shape index (κ3) is 14.6. The Bertz CT molecular complexity index is 6620. The SMILES string of the molecule is C1=CCC2Sc3ccccc3N(c3ccc(-c4ccc(N(c5ccccc5)c5cccc(-c6cc(-c7cccc(N(c8ccccc8)c8ccc(-c9ccc(N%10c%11ccccc%11Sc%11ccccc%11%10)cc9)cc8)c7)cc(-c7cccc(N(c8ccccc8)c8ccc(-c9ccc(N%10c%11ccccc%11Sc%11ccccc%11%10)cc9)cc8)c7)c6)c5)cc4)cc3)C2=C1. The molecule has 3 aliphatic heterocycles. The van der Waals surface area contributed by atoms with E-state index in [2.05, 4.69) is 497 Å². The lowest BCUT2D eigenvalue weighted by Crippen LogP contribution is -2.29. The highest BCUT2D eigenvalue weighted by Crippen LogP contribution is 2.55. The van der Waals surface area contributed by atoms with Crippen molar-refractivity contribution in [3.05, 3.63) is 473 Å². The van der Waals surface area contributed by atoms with Gasteiger partial charge in [-0.15, -0.1) is 11.8 Å². The van der Waals surface area contributed by atoms with Crippen LogP contribution < -0.4 is 29.4 Å². The van der Waals surface area contributed by atoms with Crippen LogP contribution in [0.15, 0.2) is 497 Å². The summed E-state index contributed by atoms with van der Waals surface area (Å²) in [6.45, 7) is 0. The number of hydrogen-bond acceptors (Lipinski definition) is 9. The average Bonchev–Trinajstić information content (AvgIpc) is 0.761. The van der Waals surface area contributed by atoms with Gasteiger partial charge in [-0.25, -0.2) is 0 Å². The number of allylic oxidation sites excluding steroid dienone is 3. The Morgan fingerprint density at radius 2 is 0.463 bits per heavy atom. The standard InChI is InChI=1S/C114H80N6S3/c1-4-28-91(29-5-1)115(94-61-49-79(50-62-94)82-55-67-97(68-56-82)118-103-37-10-16-43-109(103)121-110-44-17-11-38-104(110)118)100-34-22-25-85(76-100)88-73-89(86-26-23-35-101(77-86)116(92-30-6-2-7-31-92)95-63-51-80(52-64-95)83-57-69-98(70-58-83)119-105-39-12-18-45-111(105)122-112-46-19-13-40-106(112)119)75-90(74-88)87-27-24-36-102(78-87)117(93-32-8-3-9-33-93)96-65-53-81(54-66-96)84-59-71-99(72-60-84)120-107-41-14-20-47-113(107)123-114-48-21-15-42-108(114)120/h1-47,49-78,114H,48H2. The van der Waals surface area contributed by atoms with Crippen LogP contribution in [-0.2, 0) is 0 Å². The molecule has 1 unspecified atom stereocenters. The molecule has 0 radical (unpaired) electrons. The molecule has 6 nitrogen and oxygen atoms in total. The number of benzene rings is 18. The van der Waals surface area contributed by atoms with Crippen molar-refractivity contribution in [3.63, 3.8) is 0 Å². The number of rotatable bonds is 18. The largest absolute Gasteiger partial charge is 0.312 e.